The van der Waals surface area contributed by atoms with Crippen molar-refractivity contribution in [3.05, 3.63) is 0 Å². The third kappa shape index (κ3) is 6.39. The van der Waals surface area contributed by atoms with E-state index in [1.54, 1.807) is 0 Å². The molecule has 0 amide bonds. The third-order valence-corrected chi connectivity index (χ3v) is 2.89. The smallest absolute Gasteiger partial charge is 0.0622 e. The minimum atomic E-state index is 0.515. The van der Waals surface area contributed by atoms with Gasteiger partial charge in [-0.05, 0) is 19.4 Å². The van der Waals surface area contributed by atoms with Crippen molar-refractivity contribution in [3.8, 4) is 0 Å². The second kappa shape index (κ2) is 9.47. The number of rotatable bonds is 9. The SMILES string of the molecule is CCCCCOCC(NC)C(C)CC. The van der Waals surface area contributed by atoms with Crippen molar-refractivity contribution in [2.45, 2.75) is 52.5 Å². The summed E-state index contributed by atoms with van der Waals surface area (Å²) in [5.74, 6) is 0.700. The maximum absolute atomic E-state index is 5.65. The number of nitrogens with one attached hydrogen (secondary N) is 1. The Balaban J connectivity index is 3.42. The average Bonchev–Trinajstić information content (AvgIpc) is 2.22. The van der Waals surface area contributed by atoms with Gasteiger partial charge < -0.3 is 10.1 Å². The molecule has 2 nitrogen and oxygen atoms in total. The predicted molar refractivity (Wildman–Crippen MR) is 62.6 cm³/mol. The van der Waals surface area contributed by atoms with Crippen molar-refractivity contribution in [3.63, 3.8) is 0 Å². The standard InChI is InChI=1S/C12H27NO/c1-5-7-8-9-14-10-12(13-4)11(3)6-2/h11-13H,5-10H2,1-4H3. The highest BCUT2D eigenvalue weighted by atomic mass is 16.5. The summed E-state index contributed by atoms with van der Waals surface area (Å²) in [6.45, 7) is 8.50. The molecule has 14 heavy (non-hydrogen) atoms. The Morgan fingerprint density at radius 2 is 1.93 bits per heavy atom. The molecule has 0 fully saturated rings. The summed E-state index contributed by atoms with van der Waals surface area (Å²) in [6.07, 6.45) is 4.97. The lowest BCUT2D eigenvalue weighted by Crippen LogP contribution is -2.36. The second-order valence-corrected chi connectivity index (χ2v) is 4.06. The monoisotopic (exact) mass is 201 g/mol. The zero-order chi connectivity index (χ0) is 10.8. The van der Waals surface area contributed by atoms with Crippen LogP contribution >= 0.6 is 0 Å². The van der Waals surface area contributed by atoms with Crippen molar-refractivity contribution in [2.75, 3.05) is 20.3 Å². The molecule has 2 atom stereocenters. The van der Waals surface area contributed by atoms with Gasteiger partial charge in [0.25, 0.3) is 0 Å². The van der Waals surface area contributed by atoms with Crippen LogP contribution < -0.4 is 5.32 Å². The zero-order valence-corrected chi connectivity index (χ0v) is 10.3. The van der Waals surface area contributed by atoms with Gasteiger partial charge in [-0.25, -0.2) is 0 Å². The van der Waals surface area contributed by atoms with Gasteiger partial charge in [0, 0.05) is 12.6 Å². The van der Waals surface area contributed by atoms with E-state index >= 15 is 0 Å². The van der Waals surface area contributed by atoms with E-state index in [-0.39, 0.29) is 0 Å². The lowest BCUT2D eigenvalue weighted by molar-refractivity contribution is 0.0945. The van der Waals surface area contributed by atoms with E-state index < -0.39 is 0 Å². The lowest BCUT2D eigenvalue weighted by atomic mass is 10.0. The summed E-state index contributed by atoms with van der Waals surface area (Å²) < 4.78 is 5.65. The largest absolute Gasteiger partial charge is 0.380 e. The highest BCUT2D eigenvalue weighted by Gasteiger charge is 2.12. The number of unbranched alkanes of at least 4 members (excludes halogenated alkanes) is 2. The third-order valence-electron chi connectivity index (χ3n) is 2.89. The molecule has 0 rings (SSSR count). The molecule has 0 aliphatic rings. The van der Waals surface area contributed by atoms with Gasteiger partial charge in [0.15, 0.2) is 0 Å². The van der Waals surface area contributed by atoms with Crippen molar-refractivity contribution in [1.82, 2.24) is 5.32 Å². The summed E-state index contributed by atoms with van der Waals surface area (Å²) in [6, 6.07) is 0.515. The molecule has 0 radical (unpaired) electrons. The van der Waals surface area contributed by atoms with Gasteiger partial charge >= 0.3 is 0 Å². The van der Waals surface area contributed by atoms with Crippen molar-refractivity contribution in [2.24, 2.45) is 5.92 Å². The van der Waals surface area contributed by atoms with E-state index in [4.69, 9.17) is 4.74 Å². The summed E-state index contributed by atoms with van der Waals surface area (Å²) in [7, 11) is 2.02. The molecule has 2 unspecified atom stereocenters. The lowest BCUT2D eigenvalue weighted by Gasteiger charge is -2.22. The first kappa shape index (κ1) is 13.9. The van der Waals surface area contributed by atoms with Gasteiger partial charge in [-0.2, -0.15) is 0 Å². The number of hydrogen-bond acceptors (Lipinski definition) is 2. The number of ether oxygens (including phenoxy) is 1. The fourth-order valence-corrected chi connectivity index (χ4v) is 1.48. The van der Waals surface area contributed by atoms with Crippen LogP contribution in [0.25, 0.3) is 0 Å². The van der Waals surface area contributed by atoms with Crippen LogP contribution in [0, 0.1) is 5.92 Å². The van der Waals surface area contributed by atoms with Gasteiger partial charge in [0.2, 0.25) is 0 Å². The zero-order valence-electron chi connectivity index (χ0n) is 10.3. The first-order chi connectivity index (χ1) is 6.76. The highest BCUT2D eigenvalue weighted by molar-refractivity contribution is 4.69. The van der Waals surface area contributed by atoms with Crippen LogP contribution in [0.15, 0.2) is 0 Å². The van der Waals surface area contributed by atoms with Gasteiger partial charge in [0.1, 0.15) is 0 Å². The molecule has 1 N–H and O–H groups in total. The molecule has 0 aromatic rings. The molecule has 0 saturated heterocycles. The van der Waals surface area contributed by atoms with Gasteiger partial charge in [-0.15, -0.1) is 0 Å². The van der Waals surface area contributed by atoms with Crippen LogP contribution in [0.5, 0.6) is 0 Å². The summed E-state index contributed by atoms with van der Waals surface area (Å²) in [5, 5.41) is 3.32. The summed E-state index contributed by atoms with van der Waals surface area (Å²) in [5.41, 5.74) is 0. The minimum Gasteiger partial charge on any atom is -0.380 e. The summed E-state index contributed by atoms with van der Waals surface area (Å²) >= 11 is 0. The van der Waals surface area contributed by atoms with Crippen LogP contribution in [-0.4, -0.2) is 26.3 Å². The Hall–Kier alpha value is -0.0800. The first-order valence-corrected chi connectivity index (χ1v) is 6.01. The molecule has 0 saturated carbocycles. The van der Waals surface area contributed by atoms with Crippen LogP contribution in [0.1, 0.15) is 46.5 Å². The van der Waals surface area contributed by atoms with E-state index in [1.165, 1.54) is 25.7 Å². The van der Waals surface area contributed by atoms with E-state index in [2.05, 4.69) is 26.1 Å². The Bertz CT molecular complexity index is 117. The summed E-state index contributed by atoms with van der Waals surface area (Å²) in [4.78, 5) is 0. The molecule has 0 spiro atoms. The van der Waals surface area contributed by atoms with E-state index in [9.17, 15) is 0 Å². The van der Waals surface area contributed by atoms with Crippen molar-refractivity contribution < 1.29 is 4.74 Å². The van der Waals surface area contributed by atoms with E-state index in [0.717, 1.165) is 13.2 Å². The molecule has 0 heterocycles. The fourth-order valence-electron chi connectivity index (χ4n) is 1.48. The quantitative estimate of drug-likeness (QED) is 0.579. The van der Waals surface area contributed by atoms with E-state index in [1.807, 2.05) is 7.05 Å². The topological polar surface area (TPSA) is 21.3 Å². The Morgan fingerprint density at radius 3 is 2.43 bits per heavy atom. The molecule has 0 aromatic carbocycles. The first-order valence-electron chi connectivity index (χ1n) is 6.01. The number of hydrogen-bond donors (Lipinski definition) is 1. The fraction of sp³-hybridized carbons (Fsp3) is 1.00. The van der Waals surface area contributed by atoms with Crippen LogP contribution in [0.3, 0.4) is 0 Å². The van der Waals surface area contributed by atoms with Crippen molar-refractivity contribution >= 4 is 0 Å². The maximum Gasteiger partial charge on any atom is 0.0622 e. The molecular weight excluding hydrogens is 174 g/mol. The normalized spacial score (nSPS) is 15.4. The maximum atomic E-state index is 5.65. The van der Waals surface area contributed by atoms with Crippen LogP contribution in [0.2, 0.25) is 0 Å². The molecule has 0 aromatic heterocycles. The van der Waals surface area contributed by atoms with E-state index in [0.29, 0.717) is 12.0 Å². The van der Waals surface area contributed by atoms with Gasteiger partial charge in [-0.3, -0.25) is 0 Å². The molecular formula is C12H27NO. The Morgan fingerprint density at radius 1 is 1.21 bits per heavy atom. The highest BCUT2D eigenvalue weighted by Crippen LogP contribution is 2.07. The van der Waals surface area contributed by atoms with Crippen LogP contribution in [-0.2, 0) is 4.74 Å². The molecule has 2 heteroatoms. The van der Waals surface area contributed by atoms with Crippen LogP contribution in [0.4, 0.5) is 0 Å². The molecule has 0 aliphatic heterocycles. The molecule has 0 bridgehead atoms. The average molecular weight is 201 g/mol. The second-order valence-electron chi connectivity index (χ2n) is 4.06. The van der Waals surface area contributed by atoms with Crippen molar-refractivity contribution in [1.29, 1.82) is 0 Å². The number of likely N-dealkylation sites (N-methyl/N-ethyl adjacent to an activating group) is 1. The van der Waals surface area contributed by atoms with Gasteiger partial charge in [0.05, 0.1) is 6.61 Å². The minimum absolute atomic E-state index is 0.515. The Kier molecular flexibility index (Phi) is 9.42. The van der Waals surface area contributed by atoms with Gasteiger partial charge in [-0.1, -0.05) is 40.0 Å². The molecule has 0 aliphatic carbocycles. The Labute approximate surface area is 89.4 Å². The predicted octanol–water partition coefficient (Wildman–Crippen LogP) is 2.83. The molecule has 86 valence electrons.